The summed E-state index contributed by atoms with van der Waals surface area (Å²) in [5.41, 5.74) is 8.36. The summed E-state index contributed by atoms with van der Waals surface area (Å²) >= 11 is 0. The van der Waals surface area contributed by atoms with E-state index in [0.29, 0.717) is 11.3 Å². The van der Waals surface area contributed by atoms with Crippen LogP contribution in [0.4, 0.5) is 5.69 Å². The van der Waals surface area contributed by atoms with Crippen molar-refractivity contribution < 1.29 is 4.79 Å². The Hall–Kier alpha value is -2.75. The number of anilines is 1. The van der Waals surface area contributed by atoms with Gasteiger partial charge in [0, 0.05) is 28.9 Å². The minimum absolute atomic E-state index is 0.0784. The van der Waals surface area contributed by atoms with Crippen molar-refractivity contribution in [1.82, 2.24) is 10.2 Å². The molecule has 2 aromatic rings. The van der Waals surface area contributed by atoms with E-state index in [9.17, 15) is 4.79 Å². The molecular formula is C23H27N3O. The van der Waals surface area contributed by atoms with Gasteiger partial charge in [-0.25, -0.2) is 0 Å². The second kappa shape index (κ2) is 7.87. The van der Waals surface area contributed by atoms with Crippen molar-refractivity contribution in [3.63, 3.8) is 0 Å². The van der Waals surface area contributed by atoms with Gasteiger partial charge in [0.1, 0.15) is 0 Å². The highest BCUT2D eigenvalue weighted by molar-refractivity contribution is 6.10. The molecule has 0 radical (unpaired) electrons. The topological polar surface area (TPSA) is 58.4 Å². The first kappa shape index (κ1) is 17.7. The summed E-state index contributed by atoms with van der Waals surface area (Å²) in [4.78, 5) is 15.2. The quantitative estimate of drug-likeness (QED) is 0.791. The van der Waals surface area contributed by atoms with Crippen LogP contribution in [0.5, 0.6) is 0 Å². The van der Waals surface area contributed by atoms with Gasteiger partial charge >= 0.3 is 0 Å². The van der Waals surface area contributed by atoms with Crippen molar-refractivity contribution in [2.24, 2.45) is 5.92 Å². The first-order valence-corrected chi connectivity index (χ1v) is 9.91. The molecule has 1 saturated carbocycles. The molecular weight excluding hydrogens is 334 g/mol. The molecule has 4 rings (SSSR count). The summed E-state index contributed by atoms with van der Waals surface area (Å²) < 4.78 is 0. The predicted octanol–water partition coefficient (Wildman–Crippen LogP) is 4.45. The van der Waals surface area contributed by atoms with Crippen molar-refractivity contribution in [3.05, 3.63) is 66.0 Å². The van der Waals surface area contributed by atoms with Crippen LogP contribution in [0.25, 0.3) is 10.8 Å². The van der Waals surface area contributed by atoms with Crippen LogP contribution in [0.1, 0.15) is 42.5 Å². The highest BCUT2D eigenvalue weighted by Gasteiger charge is 2.19. The minimum atomic E-state index is -0.0784. The number of nitrogen functional groups attached to an aromatic ring is 1. The van der Waals surface area contributed by atoms with Crippen LogP contribution in [-0.4, -0.2) is 23.9 Å². The summed E-state index contributed by atoms with van der Waals surface area (Å²) in [6, 6.07) is 11.4. The van der Waals surface area contributed by atoms with E-state index in [1.54, 1.807) is 0 Å². The van der Waals surface area contributed by atoms with E-state index < -0.39 is 0 Å². The monoisotopic (exact) mass is 361 g/mol. The summed E-state index contributed by atoms with van der Waals surface area (Å²) in [6.45, 7) is 1.83. The molecule has 27 heavy (non-hydrogen) atoms. The molecule has 0 unspecified atom stereocenters. The second-order valence-electron chi connectivity index (χ2n) is 7.67. The van der Waals surface area contributed by atoms with Gasteiger partial charge in [-0.3, -0.25) is 4.79 Å². The van der Waals surface area contributed by atoms with Crippen molar-refractivity contribution in [1.29, 1.82) is 0 Å². The van der Waals surface area contributed by atoms with E-state index in [4.69, 9.17) is 5.73 Å². The lowest BCUT2D eigenvalue weighted by molar-refractivity contribution is 0.0964. The van der Waals surface area contributed by atoms with Crippen LogP contribution in [0.3, 0.4) is 0 Å². The fourth-order valence-corrected chi connectivity index (χ4v) is 4.25. The van der Waals surface area contributed by atoms with Gasteiger partial charge in [-0.1, -0.05) is 43.5 Å². The number of nitrogens with one attached hydrogen (secondary N) is 1. The van der Waals surface area contributed by atoms with Gasteiger partial charge in [-0.05, 0) is 54.6 Å². The number of nitrogens with two attached hydrogens (primary N) is 1. The van der Waals surface area contributed by atoms with Gasteiger partial charge in [-0.15, -0.1) is 0 Å². The third-order valence-electron chi connectivity index (χ3n) is 5.66. The third kappa shape index (κ3) is 4.00. The van der Waals surface area contributed by atoms with Crippen LogP contribution in [-0.2, 0) is 0 Å². The normalized spacial score (nSPS) is 17.8. The van der Waals surface area contributed by atoms with Gasteiger partial charge in [0.2, 0.25) is 0 Å². The molecule has 0 atom stereocenters. The second-order valence-corrected chi connectivity index (χ2v) is 7.67. The largest absolute Gasteiger partial charge is 0.398 e. The van der Waals surface area contributed by atoms with Gasteiger partial charge in [-0.2, -0.15) is 0 Å². The summed E-state index contributed by atoms with van der Waals surface area (Å²) in [5, 5.41) is 4.91. The molecule has 1 fully saturated rings. The number of hydrogen-bond donors (Lipinski definition) is 2. The van der Waals surface area contributed by atoms with E-state index in [1.165, 1.54) is 32.1 Å². The van der Waals surface area contributed by atoms with Gasteiger partial charge in [0.05, 0.1) is 6.54 Å². The number of rotatable bonds is 4. The van der Waals surface area contributed by atoms with Crippen molar-refractivity contribution in [3.8, 4) is 0 Å². The number of benzene rings is 2. The van der Waals surface area contributed by atoms with Crippen LogP contribution in [0.2, 0.25) is 0 Å². The molecule has 1 aliphatic carbocycles. The van der Waals surface area contributed by atoms with Crippen molar-refractivity contribution in [2.75, 3.05) is 18.8 Å². The van der Waals surface area contributed by atoms with Crippen LogP contribution in [0, 0.1) is 5.92 Å². The molecule has 0 spiro atoms. The average Bonchev–Trinajstić information content (AvgIpc) is 2.69. The molecule has 1 aliphatic heterocycles. The van der Waals surface area contributed by atoms with Gasteiger partial charge in [0.25, 0.3) is 5.91 Å². The van der Waals surface area contributed by atoms with E-state index >= 15 is 0 Å². The third-order valence-corrected chi connectivity index (χ3v) is 5.66. The molecule has 2 aromatic carbocycles. The number of fused-ring (bicyclic) bond motifs is 1. The van der Waals surface area contributed by atoms with Crippen molar-refractivity contribution in [2.45, 2.75) is 32.1 Å². The Kier molecular flexibility index (Phi) is 5.14. The smallest absolute Gasteiger partial charge is 0.256 e. The van der Waals surface area contributed by atoms with Gasteiger partial charge < -0.3 is 16.0 Å². The molecule has 3 N–H and O–H groups in total. The maximum Gasteiger partial charge on any atom is 0.256 e. The summed E-state index contributed by atoms with van der Waals surface area (Å²) in [6.07, 6.45) is 12.9. The fraction of sp³-hybridized carbons (Fsp3) is 0.348. The summed E-state index contributed by atoms with van der Waals surface area (Å²) in [5.74, 6) is 0.699. The number of amides is 1. The average molecular weight is 361 g/mol. The summed E-state index contributed by atoms with van der Waals surface area (Å²) in [7, 11) is 0. The Morgan fingerprint density at radius 1 is 1.07 bits per heavy atom. The number of carbonyl (C=O) groups excluding carboxylic acids is 1. The van der Waals surface area contributed by atoms with E-state index in [0.717, 1.165) is 35.5 Å². The number of nitrogens with zero attached hydrogens (tertiary/aromatic N) is 1. The number of hydrogen-bond acceptors (Lipinski definition) is 3. The highest BCUT2D eigenvalue weighted by Crippen LogP contribution is 2.26. The SMILES string of the molecule is Nc1ccc(C(=O)NC2=CC=CN(CC3CCCCC3)C2)c2ccccc12. The number of carbonyl (C=O) groups is 1. The standard InChI is InChI=1S/C23H27N3O/c24-22-13-12-21(19-10-4-5-11-20(19)22)23(27)25-18-9-6-14-26(16-18)15-17-7-2-1-3-8-17/h4-6,9-14,17H,1-3,7-8,15-16,24H2,(H,25,27). The van der Waals surface area contributed by atoms with Crippen LogP contribution in [0.15, 0.2) is 60.4 Å². The predicted molar refractivity (Wildman–Crippen MR) is 111 cm³/mol. The van der Waals surface area contributed by atoms with Crippen LogP contribution >= 0.6 is 0 Å². The number of allylic oxidation sites excluding steroid dienone is 2. The Morgan fingerprint density at radius 3 is 2.67 bits per heavy atom. The lowest BCUT2D eigenvalue weighted by Crippen LogP contribution is -2.35. The molecule has 1 amide bonds. The Bertz CT molecular complexity index is 894. The van der Waals surface area contributed by atoms with Crippen molar-refractivity contribution >= 4 is 22.4 Å². The van der Waals surface area contributed by atoms with E-state index in [1.807, 2.05) is 48.6 Å². The highest BCUT2D eigenvalue weighted by atomic mass is 16.1. The maximum absolute atomic E-state index is 12.9. The zero-order valence-corrected chi connectivity index (χ0v) is 15.7. The Morgan fingerprint density at radius 2 is 1.85 bits per heavy atom. The lowest BCUT2D eigenvalue weighted by atomic mass is 9.89. The fourth-order valence-electron chi connectivity index (χ4n) is 4.25. The molecule has 1 heterocycles. The van der Waals surface area contributed by atoms with E-state index in [-0.39, 0.29) is 5.91 Å². The molecule has 0 saturated heterocycles. The zero-order chi connectivity index (χ0) is 18.6. The molecule has 2 aliphatic rings. The molecule has 0 bridgehead atoms. The first-order chi connectivity index (χ1) is 13.2. The molecule has 4 heteroatoms. The first-order valence-electron chi connectivity index (χ1n) is 9.91. The molecule has 0 aromatic heterocycles. The van der Waals surface area contributed by atoms with Crippen LogP contribution < -0.4 is 11.1 Å². The lowest BCUT2D eigenvalue weighted by Gasteiger charge is -2.31. The van der Waals surface area contributed by atoms with Gasteiger partial charge in [0.15, 0.2) is 0 Å². The molecule has 4 nitrogen and oxygen atoms in total. The maximum atomic E-state index is 12.9. The zero-order valence-electron chi connectivity index (χ0n) is 15.7. The Balaban J connectivity index is 1.45. The Labute approximate surface area is 160 Å². The molecule has 140 valence electrons. The minimum Gasteiger partial charge on any atom is -0.398 e. The van der Waals surface area contributed by atoms with E-state index in [2.05, 4.69) is 16.4 Å².